The number of nitrogens with one attached hydrogen (secondary N) is 1. The predicted molar refractivity (Wildman–Crippen MR) is 82.5 cm³/mol. The normalized spacial score (nSPS) is 26.8. The summed E-state index contributed by atoms with van der Waals surface area (Å²) < 4.78 is 0. The molecule has 0 radical (unpaired) electrons. The van der Waals surface area contributed by atoms with Crippen LogP contribution in [0.15, 0.2) is 17.5 Å². The van der Waals surface area contributed by atoms with E-state index in [1.165, 1.54) is 24.1 Å². The molecular formula is C16H24N2OS. The minimum absolute atomic E-state index is 0.0250. The Hall–Kier alpha value is -0.870. The van der Waals surface area contributed by atoms with Gasteiger partial charge in [0.2, 0.25) is 5.91 Å². The van der Waals surface area contributed by atoms with Gasteiger partial charge in [-0.1, -0.05) is 32.8 Å². The van der Waals surface area contributed by atoms with Crippen molar-refractivity contribution in [1.82, 2.24) is 10.2 Å². The molecule has 1 aromatic heterocycles. The fourth-order valence-corrected chi connectivity index (χ4v) is 3.79. The summed E-state index contributed by atoms with van der Waals surface area (Å²) in [7, 11) is 0. The molecule has 1 N–H and O–H groups in total. The highest BCUT2D eigenvalue weighted by Crippen LogP contribution is 2.35. The van der Waals surface area contributed by atoms with Crippen molar-refractivity contribution in [3.8, 4) is 0 Å². The second-order valence-corrected chi connectivity index (χ2v) is 7.40. The van der Waals surface area contributed by atoms with E-state index in [2.05, 4.69) is 41.6 Å². The zero-order chi connectivity index (χ0) is 14.1. The minimum Gasteiger partial charge on any atom is -0.321 e. The first-order valence-corrected chi connectivity index (χ1v) is 8.64. The number of nitrogens with zero attached hydrogens (tertiary/aromatic N) is 1. The highest BCUT2D eigenvalue weighted by atomic mass is 32.1. The van der Waals surface area contributed by atoms with Crippen LogP contribution >= 0.6 is 11.3 Å². The van der Waals surface area contributed by atoms with Gasteiger partial charge in [-0.05, 0) is 36.1 Å². The van der Waals surface area contributed by atoms with Crippen molar-refractivity contribution >= 4 is 17.2 Å². The van der Waals surface area contributed by atoms with E-state index < -0.39 is 0 Å². The first-order valence-electron chi connectivity index (χ1n) is 7.76. The van der Waals surface area contributed by atoms with Crippen LogP contribution in [0, 0.1) is 11.8 Å². The van der Waals surface area contributed by atoms with Crippen LogP contribution in [0.25, 0.3) is 0 Å². The number of rotatable bonds is 6. The average molecular weight is 292 g/mol. The van der Waals surface area contributed by atoms with Crippen molar-refractivity contribution < 1.29 is 4.79 Å². The van der Waals surface area contributed by atoms with Gasteiger partial charge in [0.15, 0.2) is 0 Å². The first kappa shape index (κ1) is 14.1. The molecule has 4 heteroatoms. The number of carbonyl (C=O) groups is 1. The van der Waals surface area contributed by atoms with Crippen molar-refractivity contribution in [3.05, 3.63) is 22.4 Å². The zero-order valence-electron chi connectivity index (χ0n) is 12.3. The van der Waals surface area contributed by atoms with E-state index in [-0.39, 0.29) is 18.1 Å². The maximum atomic E-state index is 12.6. The number of hydrogen-bond acceptors (Lipinski definition) is 3. The summed E-state index contributed by atoms with van der Waals surface area (Å²) in [5, 5.41) is 5.62. The standard InChI is InChI=1S/C16H24N2OS/c1-11(2)14-16(19)18(9-3-5-12-7-8-12)15(17-14)13-6-4-10-20-13/h4,6,10-12,14-15,17H,3,5,7-9H2,1-2H3. The van der Waals surface area contributed by atoms with Crippen LogP contribution in [-0.4, -0.2) is 23.4 Å². The Kier molecular flexibility index (Phi) is 4.13. The predicted octanol–water partition coefficient (Wildman–Crippen LogP) is 3.39. The minimum atomic E-state index is -0.0250. The summed E-state index contributed by atoms with van der Waals surface area (Å²) in [4.78, 5) is 15.9. The number of hydrogen-bond donors (Lipinski definition) is 1. The van der Waals surface area contributed by atoms with Gasteiger partial charge in [-0.2, -0.15) is 0 Å². The lowest BCUT2D eigenvalue weighted by molar-refractivity contribution is -0.130. The molecule has 3 nitrogen and oxygen atoms in total. The quantitative estimate of drug-likeness (QED) is 0.871. The monoisotopic (exact) mass is 292 g/mol. The Labute approximate surface area is 125 Å². The molecule has 2 fully saturated rings. The van der Waals surface area contributed by atoms with Gasteiger partial charge >= 0.3 is 0 Å². The van der Waals surface area contributed by atoms with E-state index in [1.54, 1.807) is 11.3 Å². The molecule has 1 amide bonds. The lowest BCUT2D eigenvalue weighted by Crippen LogP contribution is -2.35. The first-order chi connectivity index (χ1) is 9.66. The van der Waals surface area contributed by atoms with Crippen molar-refractivity contribution in [2.75, 3.05) is 6.54 Å². The molecule has 1 saturated heterocycles. The SMILES string of the molecule is CC(C)C1NC(c2cccs2)N(CCCC2CC2)C1=O. The lowest BCUT2D eigenvalue weighted by Gasteiger charge is -2.23. The molecule has 110 valence electrons. The highest BCUT2D eigenvalue weighted by Gasteiger charge is 2.41. The molecule has 2 heterocycles. The molecule has 2 unspecified atom stereocenters. The van der Waals surface area contributed by atoms with Gasteiger partial charge in [-0.15, -0.1) is 11.3 Å². The van der Waals surface area contributed by atoms with Crippen LogP contribution in [0.5, 0.6) is 0 Å². The smallest absolute Gasteiger partial charge is 0.241 e. The van der Waals surface area contributed by atoms with Crippen LogP contribution in [0.4, 0.5) is 0 Å². The summed E-state index contributed by atoms with van der Waals surface area (Å²) in [6.07, 6.45) is 5.32. The van der Waals surface area contributed by atoms with Crippen molar-refractivity contribution in [3.63, 3.8) is 0 Å². The third-order valence-electron chi connectivity index (χ3n) is 4.39. The van der Waals surface area contributed by atoms with E-state index in [4.69, 9.17) is 0 Å². The van der Waals surface area contributed by atoms with E-state index in [9.17, 15) is 4.79 Å². The maximum absolute atomic E-state index is 12.6. The van der Waals surface area contributed by atoms with Gasteiger partial charge in [-0.25, -0.2) is 0 Å². The van der Waals surface area contributed by atoms with Crippen LogP contribution in [0.1, 0.15) is 50.6 Å². The maximum Gasteiger partial charge on any atom is 0.241 e. The van der Waals surface area contributed by atoms with Crippen LogP contribution < -0.4 is 5.32 Å². The van der Waals surface area contributed by atoms with Crippen molar-refractivity contribution in [2.45, 2.75) is 51.7 Å². The highest BCUT2D eigenvalue weighted by molar-refractivity contribution is 7.10. The average Bonchev–Trinajstić information content (AvgIpc) is 2.96. The Balaban J connectivity index is 1.69. The summed E-state index contributed by atoms with van der Waals surface area (Å²) >= 11 is 1.74. The molecule has 2 atom stereocenters. The largest absolute Gasteiger partial charge is 0.321 e. The Bertz CT molecular complexity index is 453. The molecule has 1 aromatic rings. The van der Waals surface area contributed by atoms with Gasteiger partial charge < -0.3 is 4.90 Å². The van der Waals surface area contributed by atoms with Crippen LogP contribution in [-0.2, 0) is 4.79 Å². The molecule has 20 heavy (non-hydrogen) atoms. The number of carbonyl (C=O) groups excluding carboxylic acids is 1. The topological polar surface area (TPSA) is 32.3 Å². The third-order valence-corrected chi connectivity index (χ3v) is 5.31. The Morgan fingerprint density at radius 1 is 1.45 bits per heavy atom. The van der Waals surface area contributed by atoms with Crippen molar-refractivity contribution in [1.29, 1.82) is 0 Å². The molecule has 2 aliphatic rings. The Morgan fingerprint density at radius 3 is 2.85 bits per heavy atom. The third kappa shape index (κ3) is 2.91. The van der Waals surface area contributed by atoms with Gasteiger partial charge in [0.05, 0.1) is 6.04 Å². The fraction of sp³-hybridized carbons (Fsp3) is 0.688. The summed E-state index contributed by atoms with van der Waals surface area (Å²) in [5.74, 6) is 1.58. The summed E-state index contributed by atoms with van der Waals surface area (Å²) in [6.45, 7) is 5.14. The van der Waals surface area contributed by atoms with E-state index >= 15 is 0 Å². The second kappa shape index (κ2) is 5.86. The molecular weight excluding hydrogens is 268 g/mol. The van der Waals surface area contributed by atoms with E-state index in [1.807, 2.05) is 0 Å². The van der Waals surface area contributed by atoms with Gasteiger partial charge in [0.1, 0.15) is 6.17 Å². The molecule has 0 bridgehead atoms. The molecule has 1 aliphatic carbocycles. The van der Waals surface area contributed by atoms with Gasteiger partial charge in [-0.3, -0.25) is 10.1 Å². The summed E-state index contributed by atoms with van der Waals surface area (Å²) in [5.41, 5.74) is 0. The lowest BCUT2D eigenvalue weighted by atomic mass is 10.0. The molecule has 1 aliphatic heterocycles. The number of amides is 1. The van der Waals surface area contributed by atoms with Gasteiger partial charge in [0, 0.05) is 11.4 Å². The van der Waals surface area contributed by atoms with E-state index in [0.29, 0.717) is 5.92 Å². The molecule has 0 aromatic carbocycles. The van der Waals surface area contributed by atoms with Crippen LogP contribution in [0.3, 0.4) is 0 Å². The second-order valence-electron chi connectivity index (χ2n) is 6.42. The molecule has 0 spiro atoms. The summed E-state index contributed by atoms with van der Waals surface area (Å²) in [6, 6.07) is 4.17. The fourth-order valence-electron chi connectivity index (χ4n) is 2.99. The van der Waals surface area contributed by atoms with Gasteiger partial charge in [0.25, 0.3) is 0 Å². The Morgan fingerprint density at radius 2 is 2.25 bits per heavy atom. The molecule has 1 saturated carbocycles. The molecule has 3 rings (SSSR count). The van der Waals surface area contributed by atoms with Crippen molar-refractivity contribution in [2.24, 2.45) is 11.8 Å². The zero-order valence-corrected chi connectivity index (χ0v) is 13.2. The van der Waals surface area contributed by atoms with E-state index in [0.717, 1.165) is 18.9 Å². The van der Waals surface area contributed by atoms with Crippen LogP contribution in [0.2, 0.25) is 0 Å². The number of thiophene rings is 1.